The molecule has 232 valence electrons. The summed E-state index contributed by atoms with van der Waals surface area (Å²) in [6.07, 6.45) is 10.7. The van der Waals surface area contributed by atoms with E-state index < -0.39 is 0 Å². The fraction of sp³-hybridized carbons (Fsp3) is 0.389. The van der Waals surface area contributed by atoms with Crippen LogP contribution in [-0.2, 0) is 6.42 Å². The average molecular weight is 613 g/mol. The molecule has 0 unspecified atom stereocenters. The lowest BCUT2D eigenvalue weighted by atomic mass is 10.0. The number of nitrogens with zero attached hydrogens (tertiary/aromatic N) is 2. The summed E-state index contributed by atoms with van der Waals surface area (Å²) < 4.78 is 16.5. The molecule has 0 aliphatic heterocycles. The Morgan fingerprint density at radius 1 is 0.705 bits per heavy atom. The minimum atomic E-state index is 0.836. The van der Waals surface area contributed by atoms with Crippen molar-refractivity contribution in [1.82, 2.24) is 20.3 Å². The summed E-state index contributed by atoms with van der Waals surface area (Å²) in [6.45, 7) is 2.20. The van der Waals surface area contributed by atoms with Crippen LogP contribution in [0.3, 0.4) is 0 Å². The number of aryl methyl sites for hydroxylation is 1. The normalized spacial score (nSPS) is 11.3. The van der Waals surface area contributed by atoms with Gasteiger partial charge < -0.3 is 24.2 Å². The molecule has 2 aromatic heterocycles. The minimum Gasteiger partial charge on any atom is -0.497 e. The number of ether oxygens (including phenoxy) is 2. The number of thioether (sulfide) groups is 1. The number of hydrogen-bond acceptors (Lipinski definition) is 7. The van der Waals surface area contributed by atoms with E-state index in [2.05, 4.69) is 39.6 Å². The monoisotopic (exact) mass is 612 g/mol. The Morgan fingerprint density at radius 2 is 1.34 bits per heavy atom. The van der Waals surface area contributed by atoms with Crippen LogP contribution in [0.4, 0.5) is 0 Å². The van der Waals surface area contributed by atoms with E-state index >= 15 is 0 Å². The van der Waals surface area contributed by atoms with Crippen LogP contribution in [0.2, 0.25) is 0 Å². The first kappa shape index (κ1) is 31.7. The van der Waals surface area contributed by atoms with Crippen LogP contribution >= 0.6 is 11.8 Å². The minimum absolute atomic E-state index is 0.836. The molecule has 0 atom stereocenters. The van der Waals surface area contributed by atoms with Gasteiger partial charge in [0.15, 0.2) is 16.6 Å². The number of methoxy groups -OCH3 is 2. The number of rotatable bonds is 19. The van der Waals surface area contributed by atoms with E-state index in [-0.39, 0.29) is 0 Å². The van der Waals surface area contributed by atoms with Crippen molar-refractivity contribution >= 4 is 22.9 Å². The Hall–Kier alpha value is -3.75. The molecule has 7 nitrogen and oxygen atoms in total. The predicted molar refractivity (Wildman–Crippen MR) is 181 cm³/mol. The van der Waals surface area contributed by atoms with Gasteiger partial charge in [-0.05, 0) is 99.4 Å². The third kappa shape index (κ3) is 9.13. The van der Waals surface area contributed by atoms with Gasteiger partial charge in [0.25, 0.3) is 0 Å². The van der Waals surface area contributed by atoms with Crippen molar-refractivity contribution in [1.29, 1.82) is 0 Å². The van der Waals surface area contributed by atoms with E-state index in [9.17, 15) is 0 Å². The Kier molecular flexibility index (Phi) is 12.2. The van der Waals surface area contributed by atoms with Crippen LogP contribution in [0.5, 0.6) is 11.5 Å². The molecule has 0 saturated carbocycles. The molecule has 2 N–H and O–H groups in total. The SMILES string of the molecule is COc1ccc(-c2nc(SCCCCCNCCCCCCCc3nc4ccccc4o3)[nH]c2-c2ccc(OC)cc2)cc1. The molecule has 44 heavy (non-hydrogen) atoms. The molecule has 3 aromatic carbocycles. The standard InChI is InChI=1S/C36H44N4O3S/c1-41-29-20-16-27(17-21-29)34-35(28-18-22-30(42-2)23-19-28)40-36(39-34)44-26-12-6-11-25-37-24-10-5-3-4-7-15-33-38-31-13-8-9-14-32(31)43-33/h8-9,13-14,16-23,37H,3-7,10-12,15,24-26H2,1-2H3,(H,39,40). The van der Waals surface area contributed by atoms with Crippen LogP contribution in [0.25, 0.3) is 33.6 Å². The maximum absolute atomic E-state index is 5.82. The maximum atomic E-state index is 5.82. The molecule has 0 bridgehead atoms. The lowest BCUT2D eigenvalue weighted by molar-refractivity contribution is 0.414. The van der Waals surface area contributed by atoms with E-state index in [1.54, 1.807) is 26.0 Å². The number of benzene rings is 3. The molecule has 2 heterocycles. The molecule has 0 saturated heterocycles. The van der Waals surface area contributed by atoms with Crippen molar-refractivity contribution in [2.24, 2.45) is 0 Å². The van der Waals surface area contributed by atoms with Crippen LogP contribution in [0, 0.1) is 0 Å². The quantitative estimate of drug-likeness (QED) is 0.0711. The largest absolute Gasteiger partial charge is 0.497 e. The molecule has 0 radical (unpaired) electrons. The third-order valence-electron chi connectivity index (χ3n) is 7.74. The molecule has 0 amide bonds. The summed E-state index contributed by atoms with van der Waals surface area (Å²) in [5.41, 5.74) is 5.97. The highest BCUT2D eigenvalue weighted by Crippen LogP contribution is 2.34. The third-order valence-corrected chi connectivity index (χ3v) is 8.70. The second kappa shape index (κ2) is 16.9. The molecule has 0 fully saturated rings. The van der Waals surface area contributed by atoms with Gasteiger partial charge in [-0.15, -0.1) is 0 Å². The van der Waals surface area contributed by atoms with Crippen molar-refractivity contribution in [3.63, 3.8) is 0 Å². The smallest absolute Gasteiger partial charge is 0.195 e. The van der Waals surface area contributed by atoms with Gasteiger partial charge in [-0.3, -0.25) is 0 Å². The second-order valence-corrected chi connectivity index (χ2v) is 12.1. The zero-order valence-corrected chi connectivity index (χ0v) is 26.8. The summed E-state index contributed by atoms with van der Waals surface area (Å²) in [7, 11) is 3.37. The van der Waals surface area contributed by atoms with Gasteiger partial charge in [0.05, 0.1) is 25.6 Å². The van der Waals surface area contributed by atoms with E-state index in [4.69, 9.17) is 18.9 Å². The molecular formula is C36H44N4O3S. The van der Waals surface area contributed by atoms with Crippen LogP contribution < -0.4 is 14.8 Å². The summed E-state index contributed by atoms with van der Waals surface area (Å²) in [6, 6.07) is 24.2. The fourth-order valence-electron chi connectivity index (χ4n) is 5.25. The van der Waals surface area contributed by atoms with Crippen molar-refractivity contribution in [3.8, 4) is 34.0 Å². The first-order valence-electron chi connectivity index (χ1n) is 15.8. The molecule has 0 aliphatic carbocycles. The van der Waals surface area contributed by atoms with Gasteiger partial charge in [0.1, 0.15) is 17.0 Å². The second-order valence-electron chi connectivity index (χ2n) is 11.0. The van der Waals surface area contributed by atoms with E-state index in [0.717, 1.165) is 87.8 Å². The topological polar surface area (TPSA) is 85.2 Å². The van der Waals surface area contributed by atoms with Crippen molar-refractivity contribution < 1.29 is 13.9 Å². The number of oxazole rings is 1. The number of fused-ring (bicyclic) bond motifs is 1. The maximum Gasteiger partial charge on any atom is 0.195 e. The van der Waals surface area contributed by atoms with Gasteiger partial charge in [0, 0.05) is 23.3 Å². The zero-order valence-electron chi connectivity index (χ0n) is 25.9. The van der Waals surface area contributed by atoms with Crippen molar-refractivity contribution in [2.75, 3.05) is 33.1 Å². The molecule has 0 aliphatic rings. The number of para-hydroxylation sites is 2. The number of aromatic nitrogens is 3. The molecule has 5 rings (SSSR count). The van der Waals surface area contributed by atoms with Gasteiger partial charge in [-0.1, -0.05) is 49.6 Å². The molecule has 8 heteroatoms. The Bertz CT molecular complexity index is 1450. The van der Waals surface area contributed by atoms with E-state index in [0.29, 0.717) is 0 Å². The van der Waals surface area contributed by atoms with Crippen molar-refractivity contribution in [2.45, 2.75) is 62.9 Å². The van der Waals surface area contributed by atoms with Crippen LogP contribution in [-0.4, -0.2) is 48.0 Å². The fourth-order valence-corrected chi connectivity index (χ4v) is 6.12. The van der Waals surface area contributed by atoms with Gasteiger partial charge in [-0.2, -0.15) is 0 Å². The summed E-state index contributed by atoms with van der Waals surface area (Å²) >= 11 is 1.79. The number of aromatic amines is 1. The van der Waals surface area contributed by atoms with Gasteiger partial charge in [-0.25, -0.2) is 9.97 Å². The first-order valence-corrected chi connectivity index (χ1v) is 16.8. The predicted octanol–water partition coefficient (Wildman–Crippen LogP) is 8.95. The number of imidazole rings is 1. The summed E-state index contributed by atoms with van der Waals surface area (Å²) in [4.78, 5) is 13.1. The highest BCUT2D eigenvalue weighted by atomic mass is 32.2. The Morgan fingerprint density at radius 3 is 2.05 bits per heavy atom. The Labute approximate surface area is 265 Å². The highest BCUT2D eigenvalue weighted by Gasteiger charge is 2.15. The molecule has 5 aromatic rings. The lowest BCUT2D eigenvalue weighted by Crippen LogP contribution is -2.16. The lowest BCUT2D eigenvalue weighted by Gasteiger charge is -2.06. The summed E-state index contributed by atoms with van der Waals surface area (Å²) in [5.74, 6) is 3.59. The van der Waals surface area contributed by atoms with Crippen LogP contribution in [0.15, 0.2) is 82.4 Å². The first-order chi connectivity index (χ1) is 21.7. The molecule has 0 spiro atoms. The number of hydrogen-bond donors (Lipinski definition) is 2. The molecular weight excluding hydrogens is 568 g/mol. The van der Waals surface area contributed by atoms with Crippen molar-refractivity contribution in [3.05, 3.63) is 78.7 Å². The average Bonchev–Trinajstić information content (AvgIpc) is 3.69. The number of nitrogens with one attached hydrogen (secondary N) is 2. The summed E-state index contributed by atoms with van der Waals surface area (Å²) in [5, 5.41) is 4.57. The van der Waals surface area contributed by atoms with E-state index in [1.807, 2.05) is 48.5 Å². The Balaban J connectivity index is 0.951. The van der Waals surface area contributed by atoms with Gasteiger partial charge in [0.2, 0.25) is 0 Å². The number of unbranched alkanes of at least 4 members (excludes halogenated alkanes) is 6. The van der Waals surface area contributed by atoms with Gasteiger partial charge >= 0.3 is 0 Å². The number of H-pyrrole nitrogens is 1. The zero-order chi connectivity index (χ0) is 30.4. The van der Waals surface area contributed by atoms with Crippen LogP contribution in [0.1, 0.15) is 57.3 Å². The van der Waals surface area contributed by atoms with E-state index in [1.165, 1.54) is 44.9 Å². The highest BCUT2D eigenvalue weighted by molar-refractivity contribution is 7.99.